The molecule has 0 aliphatic heterocycles. The van der Waals surface area contributed by atoms with Crippen LogP contribution in [0.5, 0.6) is 5.75 Å². The van der Waals surface area contributed by atoms with Crippen LogP contribution in [0.4, 0.5) is 4.39 Å². The lowest BCUT2D eigenvalue weighted by Crippen LogP contribution is -2.00. The molecule has 0 aromatic heterocycles. The van der Waals surface area contributed by atoms with Crippen LogP contribution in [0.2, 0.25) is 10.0 Å². The lowest BCUT2D eigenvalue weighted by Gasteiger charge is -2.09. The summed E-state index contributed by atoms with van der Waals surface area (Å²) >= 11 is 11.9. The first kappa shape index (κ1) is 14.8. The van der Waals surface area contributed by atoms with Crippen molar-refractivity contribution in [2.45, 2.75) is 13.5 Å². The Balaban J connectivity index is 2.15. The van der Waals surface area contributed by atoms with E-state index in [1.807, 2.05) is 0 Å². The quantitative estimate of drug-likeness (QED) is 0.749. The largest absolute Gasteiger partial charge is 0.486 e. The highest BCUT2D eigenvalue weighted by atomic mass is 35.5. The Kier molecular flexibility index (Phi) is 4.63. The number of Topliss-reactive ketones (excluding diaryl/α,β-unsaturated/α-hetero) is 1. The van der Waals surface area contributed by atoms with Crippen molar-refractivity contribution in [2.24, 2.45) is 0 Å². The van der Waals surface area contributed by atoms with E-state index in [0.29, 0.717) is 21.2 Å². The first-order chi connectivity index (χ1) is 9.47. The van der Waals surface area contributed by atoms with Gasteiger partial charge in [-0.3, -0.25) is 4.79 Å². The van der Waals surface area contributed by atoms with Crippen LogP contribution in [0.3, 0.4) is 0 Å². The average molecular weight is 313 g/mol. The number of hydrogen-bond donors (Lipinski definition) is 0. The number of ketones is 1. The van der Waals surface area contributed by atoms with Gasteiger partial charge < -0.3 is 4.74 Å². The van der Waals surface area contributed by atoms with Gasteiger partial charge in [0.2, 0.25) is 0 Å². The number of hydrogen-bond acceptors (Lipinski definition) is 2. The standard InChI is InChI=1S/C15H11Cl2FO2/c1-9(19)10-2-5-15(14(18)7-10)20-8-11-6-12(16)3-4-13(11)17/h2-7H,8H2,1H3. The second kappa shape index (κ2) is 6.25. The van der Waals surface area contributed by atoms with Crippen LogP contribution in [-0.2, 0) is 6.61 Å². The van der Waals surface area contributed by atoms with Crippen molar-refractivity contribution in [1.29, 1.82) is 0 Å². The summed E-state index contributed by atoms with van der Waals surface area (Å²) in [6.07, 6.45) is 0. The Morgan fingerprint density at radius 3 is 2.60 bits per heavy atom. The number of carbonyl (C=O) groups excluding carboxylic acids is 1. The van der Waals surface area contributed by atoms with E-state index in [0.717, 1.165) is 6.07 Å². The average Bonchev–Trinajstić information content (AvgIpc) is 2.40. The molecule has 0 spiro atoms. The van der Waals surface area contributed by atoms with Gasteiger partial charge >= 0.3 is 0 Å². The van der Waals surface area contributed by atoms with Crippen LogP contribution < -0.4 is 4.74 Å². The summed E-state index contributed by atoms with van der Waals surface area (Å²) in [4.78, 5) is 11.1. The zero-order valence-corrected chi connectivity index (χ0v) is 12.1. The summed E-state index contributed by atoms with van der Waals surface area (Å²) in [5.74, 6) is -0.727. The Morgan fingerprint density at radius 1 is 1.20 bits per heavy atom. The molecule has 0 aliphatic rings. The van der Waals surface area contributed by atoms with Crippen LogP contribution in [-0.4, -0.2) is 5.78 Å². The molecular formula is C15H11Cl2FO2. The highest BCUT2D eigenvalue weighted by Crippen LogP contribution is 2.24. The molecule has 2 rings (SSSR count). The molecule has 0 saturated carbocycles. The van der Waals surface area contributed by atoms with Gasteiger partial charge in [0, 0.05) is 21.2 Å². The molecular weight excluding hydrogens is 302 g/mol. The molecule has 2 nitrogen and oxygen atoms in total. The zero-order chi connectivity index (χ0) is 14.7. The van der Waals surface area contributed by atoms with Crippen molar-refractivity contribution in [1.82, 2.24) is 0 Å². The van der Waals surface area contributed by atoms with Gasteiger partial charge in [-0.15, -0.1) is 0 Å². The molecule has 5 heteroatoms. The van der Waals surface area contributed by atoms with Gasteiger partial charge in [0.25, 0.3) is 0 Å². The van der Waals surface area contributed by atoms with Gasteiger partial charge in [0.15, 0.2) is 17.3 Å². The van der Waals surface area contributed by atoms with Gasteiger partial charge in [0.05, 0.1) is 0 Å². The Bertz CT molecular complexity index is 656. The molecule has 0 radical (unpaired) electrons. The number of halogens is 3. The van der Waals surface area contributed by atoms with Crippen LogP contribution in [0, 0.1) is 5.82 Å². The molecule has 0 heterocycles. The van der Waals surface area contributed by atoms with E-state index in [9.17, 15) is 9.18 Å². The maximum absolute atomic E-state index is 13.8. The van der Waals surface area contributed by atoms with Crippen molar-refractivity contribution < 1.29 is 13.9 Å². The lowest BCUT2D eigenvalue weighted by molar-refractivity contribution is 0.101. The van der Waals surface area contributed by atoms with Gasteiger partial charge in [-0.25, -0.2) is 4.39 Å². The molecule has 0 bridgehead atoms. The number of benzene rings is 2. The molecule has 0 aliphatic carbocycles. The predicted octanol–water partition coefficient (Wildman–Crippen LogP) is 4.91. The van der Waals surface area contributed by atoms with E-state index in [4.69, 9.17) is 27.9 Å². The number of carbonyl (C=O) groups is 1. The Morgan fingerprint density at radius 2 is 1.95 bits per heavy atom. The van der Waals surface area contributed by atoms with E-state index in [1.54, 1.807) is 18.2 Å². The molecule has 104 valence electrons. The third-order valence-corrected chi connectivity index (χ3v) is 3.33. The predicted molar refractivity (Wildman–Crippen MR) is 77.2 cm³/mol. The topological polar surface area (TPSA) is 26.3 Å². The van der Waals surface area contributed by atoms with Crippen LogP contribution in [0.1, 0.15) is 22.8 Å². The molecule has 0 unspecified atom stereocenters. The number of ether oxygens (including phenoxy) is 1. The Hall–Kier alpha value is -1.58. The minimum Gasteiger partial charge on any atom is -0.486 e. The van der Waals surface area contributed by atoms with Crippen molar-refractivity contribution >= 4 is 29.0 Å². The first-order valence-electron chi connectivity index (χ1n) is 5.84. The molecule has 2 aromatic carbocycles. The fourth-order valence-corrected chi connectivity index (χ4v) is 2.01. The molecule has 0 fully saturated rings. The van der Waals surface area contributed by atoms with E-state index >= 15 is 0 Å². The molecule has 20 heavy (non-hydrogen) atoms. The summed E-state index contributed by atoms with van der Waals surface area (Å²) in [6, 6.07) is 9.06. The van der Waals surface area contributed by atoms with Crippen molar-refractivity contribution in [3.8, 4) is 5.75 Å². The summed E-state index contributed by atoms with van der Waals surface area (Å²) in [5.41, 5.74) is 0.963. The van der Waals surface area contributed by atoms with E-state index in [2.05, 4.69) is 0 Å². The lowest BCUT2D eigenvalue weighted by atomic mass is 10.1. The van der Waals surface area contributed by atoms with Crippen LogP contribution >= 0.6 is 23.2 Å². The van der Waals surface area contributed by atoms with Crippen molar-refractivity contribution in [2.75, 3.05) is 0 Å². The maximum Gasteiger partial charge on any atom is 0.165 e. The van der Waals surface area contributed by atoms with Crippen LogP contribution in [0.25, 0.3) is 0 Å². The second-order valence-electron chi connectivity index (χ2n) is 4.23. The van der Waals surface area contributed by atoms with E-state index < -0.39 is 5.82 Å². The molecule has 0 amide bonds. The molecule has 0 N–H and O–H groups in total. The molecule has 0 atom stereocenters. The summed E-state index contributed by atoms with van der Waals surface area (Å²) < 4.78 is 19.1. The van der Waals surface area contributed by atoms with E-state index in [-0.39, 0.29) is 18.1 Å². The monoisotopic (exact) mass is 312 g/mol. The summed E-state index contributed by atoms with van der Waals surface area (Å²) in [7, 11) is 0. The van der Waals surface area contributed by atoms with Gasteiger partial charge in [-0.1, -0.05) is 23.2 Å². The normalized spacial score (nSPS) is 10.4. The molecule has 0 saturated heterocycles. The van der Waals surface area contributed by atoms with Crippen molar-refractivity contribution in [3.05, 3.63) is 63.4 Å². The fraction of sp³-hybridized carbons (Fsp3) is 0.133. The van der Waals surface area contributed by atoms with E-state index in [1.165, 1.54) is 19.1 Å². The SMILES string of the molecule is CC(=O)c1ccc(OCc2cc(Cl)ccc2Cl)c(F)c1. The maximum atomic E-state index is 13.8. The minimum absolute atomic E-state index is 0.0612. The third kappa shape index (κ3) is 3.50. The second-order valence-corrected chi connectivity index (χ2v) is 5.07. The van der Waals surface area contributed by atoms with Gasteiger partial charge in [-0.2, -0.15) is 0 Å². The smallest absolute Gasteiger partial charge is 0.165 e. The first-order valence-corrected chi connectivity index (χ1v) is 6.60. The van der Waals surface area contributed by atoms with Crippen molar-refractivity contribution in [3.63, 3.8) is 0 Å². The minimum atomic E-state index is -0.587. The summed E-state index contributed by atoms with van der Waals surface area (Å²) in [5, 5.41) is 1.02. The highest BCUT2D eigenvalue weighted by Gasteiger charge is 2.09. The molecule has 2 aromatic rings. The highest BCUT2D eigenvalue weighted by molar-refractivity contribution is 6.33. The summed E-state index contributed by atoms with van der Waals surface area (Å²) in [6.45, 7) is 1.47. The van der Waals surface area contributed by atoms with Gasteiger partial charge in [-0.05, 0) is 43.3 Å². The van der Waals surface area contributed by atoms with Gasteiger partial charge in [0.1, 0.15) is 6.61 Å². The fourth-order valence-electron chi connectivity index (χ4n) is 1.65. The third-order valence-electron chi connectivity index (χ3n) is 2.73. The Labute approximate surface area is 126 Å². The number of rotatable bonds is 4. The zero-order valence-electron chi connectivity index (χ0n) is 10.6. The van der Waals surface area contributed by atoms with Crippen LogP contribution in [0.15, 0.2) is 36.4 Å².